The van der Waals surface area contributed by atoms with Crippen molar-refractivity contribution in [3.05, 3.63) is 65.2 Å². The van der Waals surface area contributed by atoms with Gasteiger partial charge in [0.25, 0.3) is 5.91 Å². The van der Waals surface area contributed by atoms with Gasteiger partial charge in [0.1, 0.15) is 11.6 Å². The van der Waals surface area contributed by atoms with Crippen molar-refractivity contribution in [1.29, 1.82) is 0 Å². The maximum Gasteiger partial charge on any atom is 0.274 e. The zero-order chi connectivity index (χ0) is 18.7. The van der Waals surface area contributed by atoms with Crippen molar-refractivity contribution >= 4 is 11.7 Å². The summed E-state index contributed by atoms with van der Waals surface area (Å²) in [6.07, 6.45) is 3.80. The molecule has 0 saturated heterocycles. The summed E-state index contributed by atoms with van der Waals surface area (Å²) in [5.41, 5.74) is 6.51. The topological polar surface area (TPSA) is 98.7 Å². The Morgan fingerprint density at radius 1 is 1.31 bits per heavy atom. The molecule has 2 heterocycles. The number of hydrogen-bond donors (Lipinski definition) is 2. The van der Waals surface area contributed by atoms with Gasteiger partial charge in [-0.2, -0.15) is 5.10 Å². The fraction of sp³-hybridized carbons (Fsp3) is 0.176. The summed E-state index contributed by atoms with van der Waals surface area (Å²) in [7, 11) is 0. The van der Waals surface area contributed by atoms with Gasteiger partial charge in [-0.05, 0) is 18.6 Å². The SMILES string of the molecule is CCc1nc(C(=O)NCc2ccc(F)cc2F)c(N)nc1-n1cccn1. The van der Waals surface area contributed by atoms with E-state index in [-0.39, 0.29) is 23.6 Å². The Kier molecular flexibility index (Phi) is 4.87. The number of aryl methyl sites for hydroxylation is 1. The monoisotopic (exact) mass is 358 g/mol. The molecule has 2 aromatic heterocycles. The molecular weight excluding hydrogens is 342 g/mol. The molecule has 1 amide bonds. The zero-order valence-electron chi connectivity index (χ0n) is 13.9. The van der Waals surface area contributed by atoms with E-state index in [2.05, 4.69) is 20.4 Å². The molecule has 9 heteroatoms. The van der Waals surface area contributed by atoms with E-state index in [0.717, 1.165) is 12.1 Å². The Labute approximate surface area is 147 Å². The molecular formula is C17H16F2N6O. The number of halogens is 2. The standard InChI is InChI=1S/C17H16F2N6O/c1-2-13-16(25-7-3-6-22-25)24-15(20)14(23-13)17(26)21-9-10-4-5-11(18)8-12(10)19/h3-8H,2,9H2,1H3,(H2,20,24)(H,21,26). The Morgan fingerprint density at radius 3 is 2.77 bits per heavy atom. The van der Waals surface area contributed by atoms with Crippen molar-refractivity contribution < 1.29 is 13.6 Å². The Balaban J connectivity index is 1.83. The van der Waals surface area contributed by atoms with Gasteiger partial charge in [-0.15, -0.1) is 0 Å². The molecule has 3 aromatic rings. The van der Waals surface area contributed by atoms with Crippen molar-refractivity contribution in [2.24, 2.45) is 0 Å². The number of rotatable bonds is 5. The number of carbonyl (C=O) groups excluding carboxylic acids is 1. The van der Waals surface area contributed by atoms with E-state index >= 15 is 0 Å². The van der Waals surface area contributed by atoms with Crippen LogP contribution in [0.2, 0.25) is 0 Å². The summed E-state index contributed by atoms with van der Waals surface area (Å²) in [4.78, 5) is 20.9. The van der Waals surface area contributed by atoms with E-state index in [0.29, 0.717) is 17.9 Å². The number of nitrogens with two attached hydrogens (primary N) is 1. The molecule has 0 fully saturated rings. The number of aromatic nitrogens is 4. The predicted octanol–water partition coefficient (Wildman–Crippen LogP) is 2.02. The first kappa shape index (κ1) is 17.5. The quantitative estimate of drug-likeness (QED) is 0.727. The van der Waals surface area contributed by atoms with Crippen molar-refractivity contribution in [1.82, 2.24) is 25.1 Å². The summed E-state index contributed by atoms with van der Waals surface area (Å²) < 4.78 is 28.1. The molecule has 0 aliphatic heterocycles. The lowest BCUT2D eigenvalue weighted by molar-refractivity contribution is 0.0946. The third-order valence-electron chi connectivity index (χ3n) is 3.70. The van der Waals surface area contributed by atoms with Crippen LogP contribution in [-0.2, 0) is 13.0 Å². The van der Waals surface area contributed by atoms with E-state index in [1.807, 2.05) is 6.92 Å². The Bertz CT molecular complexity index is 943. The minimum absolute atomic E-state index is 0.0553. The molecule has 3 N–H and O–H groups in total. The Morgan fingerprint density at radius 2 is 2.12 bits per heavy atom. The lowest BCUT2D eigenvalue weighted by Crippen LogP contribution is -2.27. The largest absolute Gasteiger partial charge is 0.382 e. The Hall–Kier alpha value is -3.36. The van der Waals surface area contributed by atoms with Crippen molar-refractivity contribution in [2.75, 3.05) is 5.73 Å². The number of nitrogens with zero attached hydrogens (tertiary/aromatic N) is 4. The zero-order valence-corrected chi connectivity index (χ0v) is 13.9. The molecule has 0 bridgehead atoms. The maximum absolute atomic E-state index is 13.7. The average molecular weight is 358 g/mol. The van der Waals surface area contributed by atoms with Gasteiger partial charge in [0, 0.05) is 30.6 Å². The minimum atomic E-state index is -0.743. The van der Waals surface area contributed by atoms with Crippen LogP contribution in [0, 0.1) is 11.6 Å². The van der Waals surface area contributed by atoms with E-state index in [1.54, 1.807) is 18.5 Å². The molecule has 0 radical (unpaired) electrons. The fourth-order valence-corrected chi connectivity index (χ4v) is 2.38. The van der Waals surface area contributed by atoms with Gasteiger partial charge in [-0.3, -0.25) is 4.79 Å². The highest BCUT2D eigenvalue weighted by atomic mass is 19.1. The van der Waals surface area contributed by atoms with Gasteiger partial charge in [0.2, 0.25) is 0 Å². The molecule has 7 nitrogen and oxygen atoms in total. The first-order valence-electron chi connectivity index (χ1n) is 7.88. The van der Waals surface area contributed by atoms with Crippen LogP contribution in [0.25, 0.3) is 5.82 Å². The molecule has 0 aliphatic rings. The molecule has 134 valence electrons. The average Bonchev–Trinajstić information content (AvgIpc) is 3.15. The number of hydrogen-bond acceptors (Lipinski definition) is 5. The van der Waals surface area contributed by atoms with Crippen LogP contribution < -0.4 is 11.1 Å². The van der Waals surface area contributed by atoms with Crippen LogP contribution in [-0.4, -0.2) is 25.7 Å². The molecule has 3 rings (SSSR count). The van der Waals surface area contributed by atoms with Crippen LogP contribution in [0.1, 0.15) is 28.7 Å². The summed E-state index contributed by atoms with van der Waals surface area (Å²) in [6.45, 7) is 1.73. The van der Waals surface area contributed by atoms with Crippen molar-refractivity contribution in [2.45, 2.75) is 19.9 Å². The smallest absolute Gasteiger partial charge is 0.274 e. The summed E-state index contributed by atoms with van der Waals surface area (Å²) in [5.74, 6) is -1.65. The van der Waals surface area contributed by atoms with E-state index in [9.17, 15) is 13.6 Å². The number of nitrogens with one attached hydrogen (secondary N) is 1. The first-order chi connectivity index (χ1) is 12.5. The number of nitrogen functional groups attached to an aromatic ring is 1. The van der Waals surface area contributed by atoms with Crippen molar-refractivity contribution in [3.8, 4) is 5.82 Å². The van der Waals surface area contributed by atoms with E-state index < -0.39 is 17.5 Å². The predicted molar refractivity (Wildman–Crippen MR) is 90.5 cm³/mol. The van der Waals surface area contributed by atoms with Gasteiger partial charge in [-0.25, -0.2) is 23.4 Å². The van der Waals surface area contributed by atoms with Gasteiger partial charge in [0.05, 0.1) is 5.69 Å². The second-order valence-electron chi connectivity index (χ2n) is 5.45. The number of carbonyl (C=O) groups is 1. The van der Waals surface area contributed by atoms with Crippen LogP contribution in [0.4, 0.5) is 14.6 Å². The van der Waals surface area contributed by atoms with Crippen LogP contribution >= 0.6 is 0 Å². The highest BCUT2D eigenvalue weighted by Crippen LogP contribution is 2.16. The van der Waals surface area contributed by atoms with E-state index in [1.165, 1.54) is 10.7 Å². The number of anilines is 1. The van der Waals surface area contributed by atoms with Crippen LogP contribution in [0.15, 0.2) is 36.7 Å². The molecule has 0 atom stereocenters. The molecule has 0 saturated carbocycles. The minimum Gasteiger partial charge on any atom is -0.382 e. The molecule has 0 aliphatic carbocycles. The normalized spacial score (nSPS) is 10.7. The number of amides is 1. The third-order valence-corrected chi connectivity index (χ3v) is 3.70. The lowest BCUT2D eigenvalue weighted by atomic mass is 10.2. The van der Waals surface area contributed by atoms with Gasteiger partial charge in [0.15, 0.2) is 17.3 Å². The summed E-state index contributed by atoms with van der Waals surface area (Å²) in [6, 6.07) is 4.87. The van der Waals surface area contributed by atoms with Crippen LogP contribution in [0.3, 0.4) is 0 Å². The lowest BCUT2D eigenvalue weighted by Gasteiger charge is -2.12. The molecule has 0 spiro atoms. The van der Waals surface area contributed by atoms with Crippen LogP contribution in [0.5, 0.6) is 0 Å². The van der Waals surface area contributed by atoms with Gasteiger partial charge < -0.3 is 11.1 Å². The van der Waals surface area contributed by atoms with Gasteiger partial charge >= 0.3 is 0 Å². The highest BCUT2D eigenvalue weighted by molar-refractivity contribution is 5.96. The van der Waals surface area contributed by atoms with Crippen molar-refractivity contribution in [3.63, 3.8) is 0 Å². The van der Waals surface area contributed by atoms with E-state index in [4.69, 9.17) is 5.73 Å². The number of benzene rings is 1. The fourth-order valence-electron chi connectivity index (χ4n) is 2.38. The summed E-state index contributed by atoms with van der Waals surface area (Å²) >= 11 is 0. The first-order valence-corrected chi connectivity index (χ1v) is 7.88. The molecule has 26 heavy (non-hydrogen) atoms. The third kappa shape index (κ3) is 3.51. The molecule has 1 aromatic carbocycles. The second-order valence-corrected chi connectivity index (χ2v) is 5.45. The summed E-state index contributed by atoms with van der Waals surface area (Å²) in [5, 5.41) is 6.60. The van der Waals surface area contributed by atoms with Gasteiger partial charge in [-0.1, -0.05) is 13.0 Å². The molecule has 0 unspecified atom stereocenters. The maximum atomic E-state index is 13.7. The second kappa shape index (κ2) is 7.26. The highest BCUT2D eigenvalue weighted by Gasteiger charge is 2.18.